The number of ketones is 1. The van der Waals surface area contributed by atoms with Crippen LogP contribution in [0.1, 0.15) is 171 Å². The Morgan fingerprint density at radius 1 is 0.379 bits per heavy atom. The van der Waals surface area contributed by atoms with Crippen molar-refractivity contribution >= 4 is 41.0 Å². The Labute approximate surface area is 615 Å². The molecule has 1 rings (SSSR count). The van der Waals surface area contributed by atoms with Crippen molar-refractivity contribution in [1.82, 2.24) is 26.6 Å². The second kappa shape index (κ2) is 54.7. The zero-order valence-electron chi connectivity index (χ0n) is 65.8. The number of carbonyl (C=O) groups excluding carboxylic acids is 6. The number of nitrogens with two attached hydrogens (primary N) is 1. The molecule has 0 saturated carbocycles. The summed E-state index contributed by atoms with van der Waals surface area (Å²) in [7, 11) is 5.00. The van der Waals surface area contributed by atoms with Gasteiger partial charge in [0.05, 0.1) is 166 Å². The fourth-order valence-corrected chi connectivity index (χ4v) is 9.46. The van der Waals surface area contributed by atoms with Crippen molar-refractivity contribution in [3.63, 3.8) is 0 Å². The van der Waals surface area contributed by atoms with E-state index in [0.29, 0.717) is 90.0 Å². The molecular weight excluding hydrogens is 1340 g/mol. The third-order valence-corrected chi connectivity index (χ3v) is 16.6. The smallest absolute Gasteiger partial charge is 0.258 e. The fourth-order valence-electron chi connectivity index (χ4n) is 9.46. The molecule has 1 aromatic carbocycles. The first-order valence-corrected chi connectivity index (χ1v) is 36.5. The molecule has 1 atom stereocenters. The van der Waals surface area contributed by atoms with Crippen LogP contribution in [0.5, 0.6) is 5.75 Å². The van der Waals surface area contributed by atoms with Crippen LogP contribution >= 0.6 is 0 Å². The number of anilines is 1. The summed E-state index contributed by atoms with van der Waals surface area (Å²) in [6, 6.07) is 4.63. The van der Waals surface area contributed by atoms with Crippen molar-refractivity contribution in [2.45, 2.75) is 200 Å². The Bertz CT molecular complexity index is 2390. The van der Waals surface area contributed by atoms with E-state index in [0.717, 1.165) is 25.7 Å². The number of nitrogens with one attached hydrogen (secondary N) is 5. The number of amides is 5. The topological polar surface area (TPSA) is 345 Å². The van der Waals surface area contributed by atoms with Crippen molar-refractivity contribution in [2.75, 3.05) is 212 Å². The molecule has 0 heterocycles. The predicted molar refractivity (Wildman–Crippen MR) is 392 cm³/mol. The third-order valence-electron chi connectivity index (χ3n) is 16.6. The Hall–Kier alpha value is -4.80. The van der Waals surface area contributed by atoms with E-state index in [4.69, 9.17) is 86.3 Å². The summed E-state index contributed by atoms with van der Waals surface area (Å²) < 4.78 is 99.0. The summed E-state index contributed by atoms with van der Waals surface area (Å²) in [6.45, 7) is 31.8. The van der Waals surface area contributed by atoms with Crippen LogP contribution in [0.2, 0.25) is 0 Å². The van der Waals surface area contributed by atoms with Gasteiger partial charge in [0.1, 0.15) is 11.3 Å². The molecular formula is C74H136N6O23. The van der Waals surface area contributed by atoms with Crippen LogP contribution in [0.3, 0.4) is 0 Å². The first-order valence-electron chi connectivity index (χ1n) is 36.5. The molecule has 1 unspecified atom stereocenters. The van der Waals surface area contributed by atoms with E-state index < -0.39 is 28.2 Å². The highest BCUT2D eigenvalue weighted by Gasteiger charge is 2.35. The van der Waals surface area contributed by atoms with Crippen LogP contribution in [0.4, 0.5) is 5.69 Å². The standard InChI is InChI=1S/C74H136N6O23/c1-17-73(13,29-43-100-70(7,8)26-40-89-16)103-47-33-78-65(84)22-37-96-58-74(56-94-35-20-63(82)76-31-45-101-71(9,10)27-41-98-68(3,4)24-38-87-14,57-95-36-21-64(83)77-32-46-102-72(11,12)28-42-99-69(5,6)25-39-88-15)80-66(85)23-34-90-48-50-92-52-53-93-51-49-91-44-30-79-67(86)55-97-60-18-19-61(59(2)81)62(75)54-60/h18-19,54H,17,20-53,55-58,75H2,1-16H3,(H,76,82)(H,77,83)(H,78,84)(H,79,86)(H,80,85). The van der Waals surface area contributed by atoms with E-state index in [2.05, 4.69) is 33.5 Å². The van der Waals surface area contributed by atoms with Crippen LogP contribution in [0, 0.1) is 0 Å². The summed E-state index contributed by atoms with van der Waals surface area (Å²) in [5.41, 5.74) is 2.71. The summed E-state index contributed by atoms with van der Waals surface area (Å²) in [5, 5.41) is 14.4. The Morgan fingerprint density at radius 3 is 1.10 bits per heavy atom. The van der Waals surface area contributed by atoms with E-state index in [1.54, 1.807) is 33.5 Å². The molecule has 0 radical (unpaired) electrons. The molecule has 0 aliphatic rings. The molecule has 29 heteroatoms. The maximum absolute atomic E-state index is 13.9. The van der Waals surface area contributed by atoms with Gasteiger partial charge in [-0.25, -0.2) is 0 Å². The van der Waals surface area contributed by atoms with E-state index in [1.165, 1.54) is 13.0 Å². The number of Topliss-reactive ketones (excluding diaryl/α,β-unsaturated/α-hetero) is 1. The third kappa shape index (κ3) is 52.0. The molecule has 29 nitrogen and oxygen atoms in total. The zero-order chi connectivity index (χ0) is 77.0. The number of ether oxygens (including phenoxy) is 17. The number of benzene rings is 1. The minimum atomic E-state index is -1.37. The molecule has 103 heavy (non-hydrogen) atoms. The lowest BCUT2D eigenvalue weighted by Gasteiger charge is -2.34. The average Bonchev–Trinajstić information content (AvgIpc) is 0.862. The average molecular weight is 1480 g/mol. The highest BCUT2D eigenvalue weighted by Crippen LogP contribution is 2.25. The molecule has 0 fully saturated rings. The van der Waals surface area contributed by atoms with Gasteiger partial charge in [-0.1, -0.05) is 6.92 Å². The van der Waals surface area contributed by atoms with Gasteiger partial charge in [0.25, 0.3) is 5.91 Å². The van der Waals surface area contributed by atoms with Crippen LogP contribution in [-0.4, -0.2) is 281 Å². The van der Waals surface area contributed by atoms with Gasteiger partial charge in [-0.2, -0.15) is 0 Å². The minimum Gasteiger partial charge on any atom is -0.484 e. The second-order valence-corrected chi connectivity index (χ2v) is 28.6. The van der Waals surface area contributed by atoms with Crippen LogP contribution < -0.4 is 37.1 Å². The number of rotatable bonds is 69. The van der Waals surface area contributed by atoms with Gasteiger partial charge in [-0.05, 0) is 140 Å². The molecule has 7 N–H and O–H groups in total. The molecule has 0 aliphatic carbocycles. The van der Waals surface area contributed by atoms with E-state index >= 15 is 0 Å². The summed E-state index contributed by atoms with van der Waals surface area (Å²) in [5.74, 6) is -1.38. The van der Waals surface area contributed by atoms with Crippen molar-refractivity contribution < 1.29 is 109 Å². The maximum Gasteiger partial charge on any atom is 0.258 e. The molecule has 0 saturated heterocycles. The Kier molecular flexibility index (Phi) is 51.1. The van der Waals surface area contributed by atoms with Crippen molar-refractivity contribution in [2.24, 2.45) is 0 Å². The molecule has 0 aliphatic heterocycles. The molecule has 0 spiro atoms. The van der Waals surface area contributed by atoms with Gasteiger partial charge in [0.2, 0.25) is 23.6 Å². The predicted octanol–water partition coefficient (Wildman–Crippen LogP) is 6.29. The quantitative estimate of drug-likeness (QED) is 0.0237. The summed E-state index contributed by atoms with van der Waals surface area (Å²) in [6.07, 6.45) is 4.87. The van der Waals surface area contributed by atoms with E-state index in [-0.39, 0.29) is 203 Å². The minimum absolute atomic E-state index is 0.0119. The van der Waals surface area contributed by atoms with Gasteiger partial charge in [0, 0.05) is 110 Å². The fraction of sp³-hybridized carbons (Fsp3) is 0.838. The van der Waals surface area contributed by atoms with Crippen LogP contribution in [-0.2, 0) is 99.8 Å². The molecule has 0 aromatic heterocycles. The van der Waals surface area contributed by atoms with E-state index in [1.807, 2.05) is 76.2 Å². The largest absolute Gasteiger partial charge is 0.484 e. The SMILES string of the molecule is CCC(C)(CCOC(C)(C)CCOC)OCCNC(=O)CCOCC(COCCC(=O)NCCOC(C)(C)CCOC(C)(C)CCOC)(COCCC(=O)NCCOC(C)(C)CCOC(C)(C)CCOC)NC(=O)CCOCCOCCOCCOCCNC(=O)COc1ccc(C(C)=O)c(N)c1. The molecule has 0 bridgehead atoms. The highest BCUT2D eigenvalue weighted by atomic mass is 16.6. The summed E-state index contributed by atoms with van der Waals surface area (Å²) in [4.78, 5) is 77.2. The van der Waals surface area contributed by atoms with Crippen LogP contribution in [0.15, 0.2) is 18.2 Å². The molecule has 600 valence electrons. The Balaban J connectivity index is 3.00. The van der Waals surface area contributed by atoms with Gasteiger partial charge < -0.3 is 113 Å². The molecule has 1 aromatic rings. The first kappa shape index (κ1) is 96.2. The lowest BCUT2D eigenvalue weighted by molar-refractivity contribution is -0.131. The van der Waals surface area contributed by atoms with Gasteiger partial charge in [0.15, 0.2) is 12.4 Å². The van der Waals surface area contributed by atoms with Gasteiger partial charge in [-0.3, -0.25) is 28.8 Å². The van der Waals surface area contributed by atoms with Gasteiger partial charge in [-0.15, -0.1) is 0 Å². The normalized spacial score (nSPS) is 13.0. The highest BCUT2D eigenvalue weighted by molar-refractivity contribution is 5.99. The van der Waals surface area contributed by atoms with E-state index in [9.17, 15) is 28.8 Å². The number of nitrogen functional groups attached to an aromatic ring is 1. The molecule has 5 amide bonds. The number of carbonyl (C=O) groups is 6. The number of methoxy groups -OCH3 is 3. The maximum atomic E-state index is 13.9. The second-order valence-electron chi connectivity index (χ2n) is 28.6. The zero-order valence-corrected chi connectivity index (χ0v) is 65.8. The Morgan fingerprint density at radius 2 is 0.709 bits per heavy atom. The van der Waals surface area contributed by atoms with Crippen molar-refractivity contribution in [3.8, 4) is 5.75 Å². The lowest BCUT2D eigenvalue weighted by Crippen LogP contribution is -2.59. The lowest BCUT2D eigenvalue weighted by atomic mass is 9.99. The van der Waals surface area contributed by atoms with Crippen molar-refractivity contribution in [3.05, 3.63) is 23.8 Å². The number of hydrogen-bond acceptors (Lipinski definition) is 24. The monoisotopic (exact) mass is 1480 g/mol. The number of hydrogen-bond donors (Lipinski definition) is 6. The van der Waals surface area contributed by atoms with Crippen LogP contribution in [0.25, 0.3) is 0 Å². The summed E-state index contributed by atoms with van der Waals surface area (Å²) >= 11 is 0. The first-order chi connectivity index (χ1) is 48.7. The van der Waals surface area contributed by atoms with Crippen molar-refractivity contribution in [1.29, 1.82) is 0 Å². The van der Waals surface area contributed by atoms with Gasteiger partial charge >= 0.3 is 0 Å².